The average molecular weight is 598 g/mol. The molecule has 0 aromatic heterocycles. The number of methoxy groups -OCH3 is 1. The highest BCUT2D eigenvalue weighted by atomic mass is 19.4. The third-order valence-electron chi connectivity index (χ3n) is 10.3. The SMILES string of the molecule is COCCN1CC(C(F)(F)F)NC1C1CCC(CN2C(=N)N(C)C3CNC(C4CCCCC4C(F)(F)F)NC32)CC1. The summed E-state index contributed by atoms with van der Waals surface area (Å²) >= 11 is 0. The van der Waals surface area contributed by atoms with Crippen molar-refractivity contribution in [2.45, 2.75) is 94.3 Å². The number of nitrogens with one attached hydrogen (secondary N) is 4. The van der Waals surface area contributed by atoms with Gasteiger partial charge in [0.05, 0.1) is 30.9 Å². The van der Waals surface area contributed by atoms with E-state index in [0.29, 0.717) is 45.0 Å². The van der Waals surface area contributed by atoms with E-state index in [1.807, 2.05) is 21.7 Å². The Hall–Kier alpha value is -1.35. The van der Waals surface area contributed by atoms with Gasteiger partial charge in [-0.3, -0.25) is 26.3 Å². The fraction of sp³-hybridized carbons (Fsp3) is 0.963. The van der Waals surface area contributed by atoms with Crippen LogP contribution in [0.3, 0.4) is 0 Å². The minimum atomic E-state index is -4.30. The standard InChI is InChI=1S/C27H45F6N7O/c1-38-20-13-35-22(18-5-3-4-6-19(18)26(28,29)30)37-24(20)40(25(38)34)14-16-7-9-17(10-8-16)23-36-21(27(31,32)33)15-39(23)11-12-41-2/h16-24,34-37H,3-15H2,1-2H3. The van der Waals surface area contributed by atoms with Crippen molar-refractivity contribution in [3.63, 3.8) is 0 Å². The molecule has 5 aliphatic rings. The van der Waals surface area contributed by atoms with Crippen LogP contribution in [0.15, 0.2) is 0 Å². The van der Waals surface area contributed by atoms with Crippen LogP contribution in [0.25, 0.3) is 0 Å². The van der Waals surface area contributed by atoms with Crippen molar-refractivity contribution in [2.24, 2.45) is 23.7 Å². The Morgan fingerprint density at radius 1 is 0.927 bits per heavy atom. The minimum Gasteiger partial charge on any atom is -0.383 e. The van der Waals surface area contributed by atoms with E-state index in [4.69, 9.17) is 10.1 Å². The van der Waals surface area contributed by atoms with Gasteiger partial charge in [-0.25, -0.2) is 0 Å². The molecule has 0 spiro atoms. The van der Waals surface area contributed by atoms with Gasteiger partial charge in [0.1, 0.15) is 12.2 Å². The zero-order valence-electron chi connectivity index (χ0n) is 23.9. The zero-order chi connectivity index (χ0) is 29.5. The monoisotopic (exact) mass is 597 g/mol. The molecular formula is C27H45F6N7O. The molecule has 8 nitrogen and oxygen atoms in total. The smallest absolute Gasteiger partial charge is 0.383 e. The molecule has 0 amide bonds. The Kier molecular flexibility index (Phi) is 9.35. The Bertz CT molecular complexity index is 898. The van der Waals surface area contributed by atoms with E-state index in [1.165, 1.54) is 0 Å². The van der Waals surface area contributed by atoms with Crippen LogP contribution in [0.4, 0.5) is 26.3 Å². The normalized spacial score (nSPS) is 39.4. The Labute approximate surface area is 238 Å². The molecule has 5 rings (SSSR count). The van der Waals surface area contributed by atoms with Gasteiger partial charge in [0.25, 0.3) is 0 Å². The van der Waals surface area contributed by atoms with Crippen molar-refractivity contribution < 1.29 is 31.1 Å². The Morgan fingerprint density at radius 3 is 2.29 bits per heavy atom. The van der Waals surface area contributed by atoms with Gasteiger partial charge in [-0.15, -0.1) is 0 Å². The molecule has 14 heteroatoms. The van der Waals surface area contributed by atoms with Crippen molar-refractivity contribution in [2.75, 3.05) is 46.9 Å². The van der Waals surface area contributed by atoms with Crippen molar-refractivity contribution in [3.05, 3.63) is 0 Å². The lowest BCUT2D eigenvalue weighted by atomic mass is 9.76. The van der Waals surface area contributed by atoms with E-state index in [1.54, 1.807) is 7.11 Å². The van der Waals surface area contributed by atoms with Crippen molar-refractivity contribution >= 4 is 5.96 Å². The molecule has 7 unspecified atom stereocenters. The summed E-state index contributed by atoms with van der Waals surface area (Å²) in [7, 11) is 3.41. The summed E-state index contributed by atoms with van der Waals surface area (Å²) in [5.41, 5.74) is 0. The summed E-state index contributed by atoms with van der Waals surface area (Å²) in [6.45, 7) is 1.86. The molecule has 0 aromatic rings. The highest BCUT2D eigenvalue weighted by molar-refractivity contribution is 5.80. The van der Waals surface area contributed by atoms with Gasteiger partial charge in [-0.1, -0.05) is 12.8 Å². The first-order valence-corrected chi connectivity index (χ1v) is 15.1. The lowest BCUT2D eigenvalue weighted by Crippen LogP contribution is -2.68. The topological polar surface area (TPSA) is 78.9 Å². The molecule has 4 N–H and O–H groups in total. The molecule has 2 aliphatic carbocycles. The summed E-state index contributed by atoms with van der Waals surface area (Å²) in [4.78, 5) is 5.76. The fourth-order valence-electron chi connectivity index (χ4n) is 8.04. The van der Waals surface area contributed by atoms with E-state index in [0.717, 1.165) is 32.1 Å². The molecule has 3 saturated heterocycles. The van der Waals surface area contributed by atoms with E-state index in [2.05, 4.69) is 16.0 Å². The van der Waals surface area contributed by atoms with Crippen LogP contribution in [-0.2, 0) is 4.74 Å². The van der Waals surface area contributed by atoms with E-state index >= 15 is 0 Å². The molecule has 236 valence electrons. The Balaban J connectivity index is 1.20. The summed E-state index contributed by atoms with van der Waals surface area (Å²) in [6.07, 6.45) is -4.27. The maximum Gasteiger partial charge on any atom is 0.405 e. The first-order chi connectivity index (χ1) is 19.4. The second kappa shape index (κ2) is 12.3. The van der Waals surface area contributed by atoms with Crippen LogP contribution in [0.2, 0.25) is 0 Å². The van der Waals surface area contributed by atoms with Crippen LogP contribution >= 0.6 is 0 Å². The minimum absolute atomic E-state index is 0.0562. The molecule has 2 saturated carbocycles. The first-order valence-electron chi connectivity index (χ1n) is 15.1. The van der Waals surface area contributed by atoms with E-state index in [-0.39, 0.29) is 43.2 Å². The number of alkyl halides is 6. The van der Waals surface area contributed by atoms with E-state index in [9.17, 15) is 26.3 Å². The molecule has 3 heterocycles. The van der Waals surface area contributed by atoms with Crippen LogP contribution in [0.5, 0.6) is 0 Å². The number of fused-ring (bicyclic) bond motifs is 1. The number of hydrogen-bond donors (Lipinski definition) is 4. The average Bonchev–Trinajstić information content (AvgIpc) is 3.47. The van der Waals surface area contributed by atoms with Gasteiger partial charge in [0.2, 0.25) is 0 Å². The van der Waals surface area contributed by atoms with Crippen molar-refractivity contribution in [1.82, 2.24) is 30.7 Å². The van der Waals surface area contributed by atoms with Crippen LogP contribution in [-0.4, -0.2) is 111 Å². The second-order valence-corrected chi connectivity index (χ2v) is 12.7. The van der Waals surface area contributed by atoms with Gasteiger partial charge in [-0.2, -0.15) is 26.3 Å². The number of halogens is 6. The van der Waals surface area contributed by atoms with Crippen LogP contribution < -0.4 is 16.0 Å². The lowest BCUT2D eigenvalue weighted by molar-refractivity contribution is -0.201. The largest absolute Gasteiger partial charge is 0.405 e. The summed E-state index contributed by atoms with van der Waals surface area (Å²) < 4.78 is 87.2. The first kappa shape index (κ1) is 31.1. The molecule has 3 aliphatic heterocycles. The highest BCUT2D eigenvalue weighted by Crippen LogP contribution is 2.43. The van der Waals surface area contributed by atoms with Gasteiger partial charge >= 0.3 is 12.4 Å². The summed E-state index contributed by atoms with van der Waals surface area (Å²) in [5, 5.41) is 18.4. The van der Waals surface area contributed by atoms with Gasteiger partial charge in [-0.05, 0) is 56.3 Å². The number of guanidine groups is 1. The Morgan fingerprint density at radius 2 is 1.63 bits per heavy atom. The van der Waals surface area contributed by atoms with Crippen LogP contribution in [0, 0.1) is 29.1 Å². The summed E-state index contributed by atoms with van der Waals surface area (Å²) in [6, 6.07) is -1.60. The molecule has 0 bridgehead atoms. The molecule has 5 fully saturated rings. The highest BCUT2D eigenvalue weighted by Gasteiger charge is 2.53. The third-order valence-corrected chi connectivity index (χ3v) is 10.3. The number of ether oxygens (including phenoxy) is 1. The van der Waals surface area contributed by atoms with Gasteiger partial charge in [0, 0.05) is 40.3 Å². The number of rotatable bonds is 7. The van der Waals surface area contributed by atoms with Gasteiger partial charge in [0.15, 0.2) is 5.96 Å². The molecule has 0 aromatic carbocycles. The number of likely N-dealkylation sites (N-methyl/N-ethyl adjacent to an activating group) is 1. The fourth-order valence-corrected chi connectivity index (χ4v) is 8.04. The predicted molar refractivity (Wildman–Crippen MR) is 142 cm³/mol. The molecule has 41 heavy (non-hydrogen) atoms. The zero-order valence-corrected chi connectivity index (χ0v) is 23.9. The van der Waals surface area contributed by atoms with E-state index < -0.39 is 36.4 Å². The second-order valence-electron chi connectivity index (χ2n) is 12.7. The lowest BCUT2D eigenvalue weighted by Gasteiger charge is -2.45. The number of nitrogens with zero attached hydrogens (tertiary/aromatic N) is 3. The molecular weight excluding hydrogens is 552 g/mol. The quantitative estimate of drug-likeness (QED) is 0.336. The maximum atomic E-state index is 13.9. The van der Waals surface area contributed by atoms with Crippen molar-refractivity contribution in [3.8, 4) is 0 Å². The molecule has 0 radical (unpaired) electrons. The third kappa shape index (κ3) is 6.61. The molecule has 7 atom stereocenters. The van der Waals surface area contributed by atoms with Crippen LogP contribution in [0.1, 0.15) is 51.4 Å². The predicted octanol–water partition coefficient (Wildman–Crippen LogP) is 3.37. The van der Waals surface area contributed by atoms with Gasteiger partial charge < -0.3 is 14.5 Å². The number of hydrogen-bond acceptors (Lipinski definition) is 6. The summed E-state index contributed by atoms with van der Waals surface area (Å²) in [5.74, 6) is -1.15. The van der Waals surface area contributed by atoms with Crippen molar-refractivity contribution in [1.29, 1.82) is 5.41 Å². The maximum absolute atomic E-state index is 13.9.